The Kier molecular flexibility index (Phi) is 8.14. The molecule has 1 amide bonds. The molecule has 0 saturated heterocycles. The number of sulfonamides is 1. The van der Waals surface area contributed by atoms with E-state index in [1.807, 2.05) is 25.1 Å². The minimum Gasteiger partial charge on any atom is -0.495 e. The number of nitrogens with zero attached hydrogens (tertiary/aromatic N) is 1. The van der Waals surface area contributed by atoms with Crippen molar-refractivity contribution in [2.75, 3.05) is 50.2 Å². The third kappa shape index (κ3) is 6.14. The van der Waals surface area contributed by atoms with Crippen LogP contribution in [0.3, 0.4) is 0 Å². The van der Waals surface area contributed by atoms with Crippen LogP contribution >= 0.6 is 0 Å². The number of methoxy groups -OCH3 is 1. The molecule has 0 atom stereocenters. The normalized spacial score (nSPS) is 11.9. The number of carbonyl (C=O) groups excluding carboxylic acids is 1. The maximum Gasteiger partial charge on any atom is 0.243 e. The molecule has 2 aromatic carbocycles. The molecule has 0 aromatic heterocycles. The van der Waals surface area contributed by atoms with Crippen LogP contribution in [0.5, 0.6) is 5.75 Å². The van der Waals surface area contributed by atoms with Gasteiger partial charge in [0, 0.05) is 20.6 Å². The first-order valence-electron chi connectivity index (χ1n) is 10.4. The number of anilines is 3. The van der Waals surface area contributed by atoms with Gasteiger partial charge < -0.3 is 20.7 Å². The van der Waals surface area contributed by atoms with Crippen LogP contribution < -0.4 is 20.7 Å². The van der Waals surface area contributed by atoms with E-state index >= 15 is 0 Å². The van der Waals surface area contributed by atoms with E-state index in [1.165, 1.54) is 20.2 Å². The highest BCUT2D eigenvalue weighted by molar-refractivity contribution is 7.89. The third-order valence-electron chi connectivity index (χ3n) is 4.92. The van der Waals surface area contributed by atoms with Gasteiger partial charge in [-0.2, -0.15) is 0 Å². The van der Waals surface area contributed by atoms with Gasteiger partial charge in [0.15, 0.2) is 0 Å². The summed E-state index contributed by atoms with van der Waals surface area (Å²) < 4.78 is 31.5. The first kappa shape index (κ1) is 25.5. The molecule has 0 heterocycles. The zero-order valence-electron chi connectivity index (χ0n) is 19.9. The molecule has 2 rings (SSSR count). The van der Waals surface area contributed by atoms with Crippen LogP contribution in [0.25, 0.3) is 0 Å². The summed E-state index contributed by atoms with van der Waals surface area (Å²) >= 11 is 0. The van der Waals surface area contributed by atoms with Crippen molar-refractivity contribution in [2.45, 2.75) is 38.0 Å². The summed E-state index contributed by atoms with van der Waals surface area (Å²) in [5.41, 5.74) is 2.81. The van der Waals surface area contributed by atoms with Gasteiger partial charge >= 0.3 is 0 Å². The molecular formula is C23H34N4O4S. The number of rotatable bonds is 9. The molecular weight excluding hydrogens is 428 g/mol. The van der Waals surface area contributed by atoms with Crippen LogP contribution in [0.15, 0.2) is 41.3 Å². The number of ether oxygens (including phenoxy) is 1. The molecule has 0 aliphatic heterocycles. The molecule has 0 fully saturated rings. The van der Waals surface area contributed by atoms with Gasteiger partial charge in [0.05, 0.1) is 35.6 Å². The van der Waals surface area contributed by atoms with Crippen molar-refractivity contribution in [1.82, 2.24) is 4.31 Å². The molecule has 0 radical (unpaired) electrons. The number of benzene rings is 2. The van der Waals surface area contributed by atoms with Gasteiger partial charge in [0.1, 0.15) is 5.75 Å². The lowest BCUT2D eigenvalue weighted by Crippen LogP contribution is -2.24. The molecule has 3 N–H and O–H groups in total. The molecule has 0 spiro atoms. The zero-order chi connectivity index (χ0) is 24.1. The average Bonchev–Trinajstić information content (AvgIpc) is 2.72. The van der Waals surface area contributed by atoms with Crippen LogP contribution in [0.1, 0.15) is 33.3 Å². The number of hydrogen-bond acceptors (Lipinski definition) is 6. The van der Waals surface area contributed by atoms with Gasteiger partial charge in [-0.15, -0.1) is 0 Å². The average molecular weight is 463 g/mol. The lowest BCUT2D eigenvalue weighted by atomic mass is 9.87. The Bertz CT molecular complexity index is 1060. The summed E-state index contributed by atoms with van der Waals surface area (Å²) in [6.45, 7) is 8.83. The molecule has 0 aliphatic rings. The topological polar surface area (TPSA) is 99.8 Å². The molecule has 9 heteroatoms. The van der Waals surface area contributed by atoms with E-state index in [4.69, 9.17) is 4.74 Å². The molecule has 32 heavy (non-hydrogen) atoms. The van der Waals surface area contributed by atoms with Crippen molar-refractivity contribution in [3.05, 3.63) is 42.0 Å². The SMILES string of the molecule is CCNc1ccc(S(=O)(=O)N(C)C)cc1NCC(=O)Nc1cc(C(C)(C)C)ccc1OC. The first-order valence-corrected chi connectivity index (χ1v) is 11.9. The molecule has 8 nitrogen and oxygen atoms in total. The molecule has 0 aliphatic carbocycles. The Hall–Kier alpha value is -2.78. The Morgan fingerprint density at radius 2 is 1.69 bits per heavy atom. The minimum absolute atomic E-state index is 0.0488. The highest BCUT2D eigenvalue weighted by Crippen LogP contribution is 2.31. The van der Waals surface area contributed by atoms with E-state index in [2.05, 4.69) is 36.7 Å². The van der Waals surface area contributed by atoms with Crippen molar-refractivity contribution in [1.29, 1.82) is 0 Å². The minimum atomic E-state index is -3.60. The van der Waals surface area contributed by atoms with Crippen LogP contribution in [0.2, 0.25) is 0 Å². The number of nitrogens with one attached hydrogen (secondary N) is 3. The fourth-order valence-electron chi connectivity index (χ4n) is 3.03. The Balaban J connectivity index is 2.24. The Labute approximate surface area is 191 Å². The molecule has 0 unspecified atom stereocenters. The number of carbonyl (C=O) groups is 1. The monoisotopic (exact) mass is 462 g/mol. The summed E-state index contributed by atoms with van der Waals surface area (Å²) in [5, 5.41) is 9.12. The standard InChI is InChI=1S/C23H34N4O4S/c1-8-24-18-11-10-17(32(29,30)27(5)6)14-19(18)25-15-22(28)26-20-13-16(23(2,3)4)9-12-21(20)31-7/h9-14,24-25H,8,15H2,1-7H3,(H,26,28). The van der Waals surface area contributed by atoms with Crippen molar-refractivity contribution >= 4 is 33.0 Å². The third-order valence-corrected chi connectivity index (χ3v) is 6.73. The molecule has 2 aromatic rings. The summed E-state index contributed by atoms with van der Waals surface area (Å²) in [5.74, 6) is 0.288. The van der Waals surface area contributed by atoms with Gasteiger partial charge in [0.2, 0.25) is 15.9 Å². The van der Waals surface area contributed by atoms with Crippen molar-refractivity contribution in [2.24, 2.45) is 0 Å². The Morgan fingerprint density at radius 1 is 1.00 bits per heavy atom. The maximum absolute atomic E-state index is 12.7. The second kappa shape index (κ2) is 10.2. The first-order chi connectivity index (χ1) is 14.9. The fraction of sp³-hybridized carbons (Fsp3) is 0.435. The quantitative estimate of drug-likeness (QED) is 0.525. The Morgan fingerprint density at radius 3 is 2.25 bits per heavy atom. The van der Waals surface area contributed by atoms with Gasteiger partial charge in [-0.25, -0.2) is 12.7 Å². The van der Waals surface area contributed by atoms with Gasteiger partial charge in [0.25, 0.3) is 0 Å². The second-order valence-corrected chi connectivity index (χ2v) is 10.7. The summed E-state index contributed by atoms with van der Waals surface area (Å²) in [6, 6.07) is 10.5. The van der Waals surface area contributed by atoms with Crippen molar-refractivity contribution < 1.29 is 17.9 Å². The van der Waals surface area contributed by atoms with E-state index < -0.39 is 10.0 Å². The van der Waals surface area contributed by atoms with Crippen molar-refractivity contribution in [3.63, 3.8) is 0 Å². The molecule has 0 saturated carbocycles. The van der Waals surface area contributed by atoms with E-state index in [9.17, 15) is 13.2 Å². The largest absolute Gasteiger partial charge is 0.495 e. The smallest absolute Gasteiger partial charge is 0.243 e. The highest BCUT2D eigenvalue weighted by atomic mass is 32.2. The lowest BCUT2D eigenvalue weighted by molar-refractivity contribution is -0.114. The fourth-order valence-corrected chi connectivity index (χ4v) is 3.96. The van der Waals surface area contributed by atoms with Crippen LogP contribution in [0, 0.1) is 0 Å². The predicted molar refractivity (Wildman–Crippen MR) is 130 cm³/mol. The maximum atomic E-state index is 12.7. The van der Waals surface area contributed by atoms with Crippen LogP contribution in [0.4, 0.5) is 17.1 Å². The van der Waals surface area contributed by atoms with Crippen molar-refractivity contribution in [3.8, 4) is 5.75 Å². The van der Waals surface area contributed by atoms with E-state index in [0.29, 0.717) is 29.4 Å². The second-order valence-electron chi connectivity index (χ2n) is 8.59. The zero-order valence-corrected chi connectivity index (χ0v) is 20.7. The van der Waals surface area contributed by atoms with Gasteiger partial charge in [-0.1, -0.05) is 26.8 Å². The molecule has 0 bridgehead atoms. The van der Waals surface area contributed by atoms with Gasteiger partial charge in [-0.05, 0) is 48.2 Å². The predicted octanol–water partition coefficient (Wildman–Crippen LogP) is 3.73. The van der Waals surface area contributed by atoms with Crippen LogP contribution in [-0.4, -0.2) is 52.9 Å². The van der Waals surface area contributed by atoms with E-state index in [-0.39, 0.29) is 22.8 Å². The number of hydrogen-bond donors (Lipinski definition) is 3. The van der Waals surface area contributed by atoms with E-state index in [1.54, 1.807) is 19.2 Å². The highest BCUT2D eigenvalue weighted by Gasteiger charge is 2.20. The molecule has 176 valence electrons. The van der Waals surface area contributed by atoms with E-state index in [0.717, 1.165) is 9.87 Å². The summed E-state index contributed by atoms with van der Waals surface area (Å²) in [7, 11) is 0.916. The van der Waals surface area contributed by atoms with Gasteiger partial charge in [-0.3, -0.25) is 4.79 Å². The summed E-state index contributed by atoms with van der Waals surface area (Å²) in [4.78, 5) is 12.8. The summed E-state index contributed by atoms with van der Waals surface area (Å²) in [6.07, 6.45) is 0. The number of amides is 1. The van der Waals surface area contributed by atoms with Crippen LogP contribution in [-0.2, 0) is 20.2 Å². The lowest BCUT2D eigenvalue weighted by Gasteiger charge is -2.21.